The van der Waals surface area contributed by atoms with E-state index in [1.165, 1.54) is 0 Å². The summed E-state index contributed by atoms with van der Waals surface area (Å²) in [5.41, 5.74) is 0. The third-order valence-electron chi connectivity index (χ3n) is 0. The Bertz CT molecular complexity index is 65.7. The molecule has 0 atom stereocenters. The molecule has 0 bridgehead atoms. The van der Waals surface area contributed by atoms with Gasteiger partial charge in [-0.25, -0.2) is 0 Å². The van der Waals surface area contributed by atoms with Gasteiger partial charge in [-0.05, 0) is 0 Å². The van der Waals surface area contributed by atoms with Gasteiger partial charge in [0.25, 0.3) is 0 Å². The largest absolute Gasteiger partial charge is 0.373 e. The molecule has 6 nitrogen and oxygen atoms in total. The van der Waals surface area contributed by atoms with Gasteiger partial charge < -0.3 is 0 Å². The minimum atomic E-state index is 0. The fraction of sp³-hybridized carbons (Fsp3) is 0. The van der Waals surface area contributed by atoms with Crippen molar-refractivity contribution in [2.45, 2.75) is 0 Å². The van der Waals surface area contributed by atoms with Crippen LogP contribution in [0, 0.1) is 58.5 Å². The fourth-order valence-electron chi connectivity index (χ4n) is 0. The van der Waals surface area contributed by atoms with Crippen molar-refractivity contribution in [3.8, 4) is 0 Å². The molecule has 0 aromatic carbocycles. The van der Waals surface area contributed by atoms with E-state index in [4.69, 9.17) is 30.3 Å². The predicted octanol–water partition coefficient (Wildman–Crippen LogP) is -0.486. The van der Waals surface area contributed by atoms with Crippen molar-refractivity contribution in [3.05, 3.63) is 9.93 Å². The van der Waals surface area contributed by atoms with E-state index in [1.807, 2.05) is 0 Å². The first-order chi connectivity index (χ1) is 3.41. The molecule has 0 unspecified atom stereocenters. The fourth-order valence-corrected chi connectivity index (χ4v) is 0. The second-order valence-corrected chi connectivity index (χ2v) is 0.0833. The monoisotopic (exact) mass is 144 g/mol. The third-order valence-corrected chi connectivity index (χ3v) is 0. The Morgan fingerprint density at radius 1 is 1.00 bits per heavy atom. The molecule has 46 valence electrons. The summed E-state index contributed by atoms with van der Waals surface area (Å²) in [6.07, 6.45) is 0.250. The second kappa shape index (κ2) is 490. The van der Waals surface area contributed by atoms with Crippen molar-refractivity contribution in [1.29, 1.82) is 10.8 Å². The van der Waals surface area contributed by atoms with Crippen LogP contribution in [-0.2, 0) is 9.59 Å². The summed E-state index contributed by atoms with van der Waals surface area (Å²) in [6, 6.07) is 0. The molecule has 0 saturated heterocycles. The van der Waals surface area contributed by atoms with Crippen LogP contribution >= 0.6 is 0 Å². The number of hydrogen-bond donors (Lipinski definition) is 0. The molecule has 0 aliphatic heterocycles. The summed E-state index contributed by atoms with van der Waals surface area (Å²) < 4.78 is 0. The summed E-state index contributed by atoms with van der Waals surface area (Å²) in [6.45, 7) is 0. The zero-order chi connectivity index (χ0) is 6.71. The van der Waals surface area contributed by atoms with E-state index in [2.05, 4.69) is 0 Å². The Morgan fingerprint density at radius 3 is 1.00 bits per heavy atom. The summed E-state index contributed by atoms with van der Waals surface area (Å²) in [7, 11) is 0. The number of nitrogens with zero attached hydrogens (tertiary/aromatic N) is 2. The first-order valence-corrected chi connectivity index (χ1v) is 0.775. The zero-order valence-electron chi connectivity index (χ0n) is 3.38. The van der Waals surface area contributed by atoms with E-state index in [0.717, 1.165) is 0 Å². The Kier molecular flexibility index (Phi) is 1550. The molecule has 0 saturated carbocycles. The van der Waals surface area contributed by atoms with Crippen LogP contribution in [0.25, 0.3) is 0 Å². The van der Waals surface area contributed by atoms with Gasteiger partial charge in [0, 0.05) is 58.5 Å². The van der Waals surface area contributed by atoms with Crippen LogP contribution in [0.4, 0.5) is 0 Å². The summed E-state index contributed by atoms with van der Waals surface area (Å²) in [5, 5.41) is 12.0. The maximum Gasteiger partial charge on any atom is 0.373 e. The molecule has 0 spiro atoms. The molecule has 0 N–H and O–H groups in total. The van der Waals surface area contributed by atoms with E-state index in [0.29, 0.717) is 0 Å². The molecule has 0 rings (SSSR count). The Morgan fingerprint density at radius 2 is 1.00 bits per heavy atom. The quantitative estimate of drug-likeness (QED) is 0.423. The van der Waals surface area contributed by atoms with Gasteiger partial charge in [0.05, 0.1) is 0 Å². The van der Waals surface area contributed by atoms with Crippen molar-refractivity contribution in [3.63, 3.8) is 0 Å². The van der Waals surface area contributed by atoms with Crippen LogP contribution in [0.2, 0.25) is 0 Å². The number of rotatable bonds is 0. The SMILES string of the molecule is N#N.O=C=O.O=O.[Ar]. The van der Waals surface area contributed by atoms with Gasteiger partial charge in [-0.2, -0.15) is 9.59 Å². The van der Waals surface area contributed by atoms with Crippen LogP contribution in [0.15, 0.2) is 0 Å². The molecule has 0 amide bonds. The van der Waals surface area contributed by atoms with Crippen LogP contribution in [0.3, 0.4) is 0 Å². The molecular formula is CArN2O4. The van der Waals surface area contributed by atoms with Gasteiger partial charge in [0.1, 0.15) is 0 Å². The third kappa shape index (κ3) is 1060. The maximum absolute atomic E-state index is 8.12. The molecule has 7 heteroatoms. The predicted molar refractivity (Wildman–Crippen MR) is 15.2 cm³/mol. The van der Waals surface area contributed by atoms with Crippen molar-refractivity contribution in [2.75, 3.05) is 0 Å². The van der Waals surface area contributed by atoms with E-state index < -0.39 is 0 Å². The minimum absolute atomic E-state index is 0. The van der Waals surface area contributed by atoms with Gasteiger partial charge in [-0.3, -0.25) is 0 Å². The molecule has 0 heterocycles. The van der Waals surface area contributed by atoms with Gasteiger partial charge in [0.15, 0.2) is 0 Å². The standard InChI is InChI=1S/CO2.Ar.N2.O2/c2-1-3;;2*1-2. The van der Waals surface area contributed by atoms with Crippen LogP contribution in [0.5, 0.6) is 0 Å². The molecule has 8 heavy (non-hydrogen) atoms. The van der Waals surface area contributed by atoms with Gasteiger partial charge in [-0.15, -0.1) is 0 Å². The number of carbonyl (C=O) groups excluding carboxylic acids is 2. The second-order valence-electron chi connectivity index (χ2n) is 0.0833. The molecular weight excluding hydrogens is 144 g/mol. The molecule has 0 aromatic heterocycles. The van der Waals surface area contributed by atoms with Gasteiger partial charge >= 0.3 is 6.15 Å². The van der Waals surface area contributed by atoms with E-state index in [9.17, 15) is 0 Å². The Labute approximate surface area is 73.9 Å². The smallest absolute Gasteiger partial charge is 0.186 e. The van der Waals surface area contributed by atoms with Gasteiger partial charge in [0.2, 0.25) is 0 Å². The topological polar surface area (TPSA) is 116 Å². The molecule has 0 fully saturated rings. The molecule has 0 aliphatic carbocycles. The maximum atomic E-state index is 8.12. The van der Waals surface area contributed by atoms with Crippen LogP contribution in [-0.4, -0.2) is 6.15 Å². The average molecular weight is 144 g/mol. The van der Waals surface area contributed by atoms with Crippen molar-refractivity contribution < 1.29 is 47.3 Å². The first-order valence-electron chi connectivity index (χ1n) is 0.775. The van der Waals surface area contributed by atoms with Crippen molar-refractivity contribution >= 4 is 6.15 Å². The van der Waals surface area contributed by atoms with E-state index in [-0.39, 0.29) is 43.9 Å². The van der Waals surface area contributed by atoms with Crippen LogP contribution in [0.1, 0.15) is 0 Å². The van der Waals surface area contributed by atoms with E-state index >= 15 is 0 Å². The number of hydrogen-bond acceptors (Lipinski definition) is 6. The first kappa shape index (κ1) is 25.4. The normalized spacial score (nSPS) is 1.75. The summed E-state index contributed by atoms with van der Waals surface area (Å²) >= 11 is 0. The van der Waals surface area contributed by atoms with Crippen LogP contribution < -0.4 is 0 Å². The van der Waals surface area contributed by atoms with E-state index in [1.54, 1.807) is 0 Å². The Hall–Kier alpha value is -0.340. The van der Waals surface area contributed by atoms with Gasteiger partial charge in [-0.1, -0.05) is 0 Å². The zero-order valence-corrected chi connectivity index (χ0v) is 4.09. The summed E-state index contributed by atoms with van der Waals surface area (Å²) in [5.74, 6) is 0. The molecule has 0 radical (unpaired) electrons. The van der Waals surface area contributed by atoms with Crippen molar-refractivity contribution in [1.82, 2.24) is 0 Å². The Balaban J connectivity index is -0.0000000147. The summed E-state index contributed by atoms with van der Waals surface area (Å²) in [4.78, 5) is 30.2. The molecule has 0 aliphatic rings. The minimum Gasteiger partial charge on any atom is -0.186 e. The average Bonchev–Trinajstić information content (AvgIpc) is 1.78. The van der Waals surface area contributed by atoms with Crippen molar-refractivity contribution in [2.24, 2.45) is 0 Å². The molecule has 0 aromatic rings.